The van der Waals surface area contributed by atoms with Gasteiger partial charge in [-0.1, -0.05) is 6.07 Å². The van der Waals surface area contributed by atoms with E-state index in [1.54, 1.807) is 18.2 Å². The van der Waals surface area contributed by atoms with Crippen molar-refractivity contribution < 1.29 is 24.2 Å². The van der Waals surface area contributed by atoms with Gasteiger partial charge in [0.25, 0.3) is 0 Å². The number of carboxylic acid groups (broad SMARTS) is 1. The topological polar surface area (TPSA) is 95.9 Å². The van der Waals surface area contributed by atoms with Crippen molar-refractivity contribution in [3.8, 4) is 0 Å². The number of ether oxygens (including phenoxy) is 1. The highest BCUT2D eigenvalue weighted by molar-refractivity contribution is 5.92. The molecule has 1 aromatic carbocycles. The molecule has 2 N–H and O–H groups in total. The largest absolute Gasteiger partial charge is 0.478 e. The van der Waals surface area contributed by atoms with Crippen LogP contribution in [0.2, 0.25) is 0 Å². The van der Waals surface area contributed by atoms with Crippen LogP contribution in [0, 0.1) is 0 Å². The molecule has 0 fully saturated rings. The summed E-state index contributed by atoms with van der Waals surface area (Å²) in [5, 5.41) is 11.0. The van der Waals surface area contributed by atoms with Gasteiger partial charge < -0.3 is 9.84 Å². The van der Waals surface area contributed by atoms with E-state index in [0.29, 0.717) is 13.1 Å². The fraction of sp³-hybridized carbons (Fsp3) is 0.308. The fourth-order valence-electron chi connectivity index (χ4n) is 2.12. The Balaban J connectivity index is 1.97. The van der Waals surface area contributed by atoms with E-state index in [9.17, 15) is 14.4 Å². The van der Waals surface area contributed by atoms with Crippen molar-refractivity contribution in [3.05, 3.63) is 34.9 Å². The van der Waals surface area contributed by atoms with Gasteiger partial charge in [-0.3, -0.25) is 15.0 Å². The maximum atomic E-state index is 11.5. The van der Waals surface area contributed by atoms with Crippen molar-refractivity contribution in [1.82, 2.24) is 10.2 Å². The summed E-state index contributed by atoms with van der Waals surface area (Å²) in [6.45, 7) is 1.07. The Labute approximate surface area is 115 Å². The summed E-state index contributed by atoms with van der Waals surface area (Å²) in [6, 6.07) is 4.89. The molecule has 0 saturated heterocycles. The number of fused-ring (bicyclic) bond motifs is 1. The molecule has 7 nitrogen and oxygen atoms in total. The Kier molecular flexibility index (Phi) is 3.99. The summed E-state index contributed by atoms with van der Waals surface area (Å²) < 4.78 is 4.33. The Morgan fingerprint density at radius 1 is 1.30 bits per heavy atom. The molecule has 0 aliphatic carbocycles. The molecule has 0 bridgehead atoms. The minimum Gasteiger partial charge on any atom is -0.478 e. The Morgan fingerprint density at radius 3 is 2.65 bits per heavy atom. The first-order chi connectivity index (χ1) is 9.49. The smallest absolute Gasteiger partial charge is 0.413 e. The number of nitrogens with one attached hydrogen (secondary N) is 1. The van der Waals surface area contributed by atoms with Crippen LogP contribution in [-0.4, -0.2) is 41.6 Å². The van der Waals surface area contributed by atoms with E-state index in [-0.39, 0.29) is 12.1 Å². The minimum absolute atomic E-state index is 0.0478. The molecule has 1 aliphatic heterocycles. The first-order valence-corrected chi connectivity index (χ1v) is 5.95. The van der Waals surface area contributed by atoms with Crippen molar-refractivity contribution in [3.63, 3.8) is 0 Å². The van der Waals surface area contributed by atoms with Crippen LogP contribution >= 0.6 is 0 Å². The zero-order chi connectivity index (χ0) is 14.7. The van der Waals surface area contributed by atoms with E-state index in [1.807, 2.05) is 4.90 Å². The fourth-order valence-corrected chi connectivity index (χ4v) is 2.12. The van der Waals surface area contributed by atoms with E-state index >= 15 is 0 Å². The summed E-state index contributed by atoms with van der Waals surface area (Å²) in [6.07, 6.45) is -0.792. The summed E-state index contributed by atoms with van der Waals surface area (Å²) in [5.41, 5.74) is 2.10. The summed E-state index contributed by atoms with van der Waals surface area (Å²) in [5.74, 6) is -1.43. The molecule has 0 aromatic heterocycles. The summed E-state index contributed by atoms with van der Waals surface area (Å²) >= 11 is 0. The van der Waals surface area contributed by atoms with Gasteiger partial charge in [-0.25, -0.2) is 9.59 Å². The van der Waals surface area contributed by atoms with E-state index in [2.05, 4.69) is 10.1 Å². The molecule has 7 heteroatoms. The summed E-state index contributed by atoms with van der Waals surface area (Å²) in [4.78, 5) is 35.1. The van der Waals surface area contributed by atoms with Crippen molar-refractivity contribution in [1.29, 1.82) is 0 Å². The molecule has 2 rings (SSSR count). The SMILES string of the molecule is COC(=O)NC(=O)CN1Cc2ccc(C(=O)O)cc2C1. The van der Waals surface area contributed by atoms with Gasteiger partial charge in [0.15, 0.2) is 0 Å². The van der Waals surface area contributed by atoms with Crippen molar-refractivity contribution >= 4 is 18.0 Å². The quantitative estimate of drug-likeness (QED) is 0.839. The van der Waals surface area contributed by atoms with E-state index in [1.165, 1.54) is 7.11 Å². The maximum Gasteiger partial charge on any atom is 0.413 e. The minimum atomic E-state index is -0.977. The number of carbonyl (C=O) groups is 3. The van der Waals surface area contributed by atoms with Gasteiger partial charge in [0.1, 0.15) is 0 Å². The van der Waals surface area contributed by atoms with Gasteiger partial charge in [-0.2, -0.15) is 0 Å². The molecule has 0 unspecified atom stereocenters. The highest BCUT2D eigenvalue weighted by Crippen LogP contribution is 2.23. The second-order valence-corrected chi connectivity index (χ2v) is 4.47. The number of carboxylic acids is 1. The van der Waals surface area contributed by atoms with Crippen LogP contribution in [0.1, 0.15) is 21.5 Å². The molecule has 20 heavy (non-hydrogen) atoms. The zero-order valence-electron chi connectivity index (χ0n) is 10.9. The third-order valence-electron chi connectivity index (χ3n) is 3.04. The van der Waals surface area contributed by atoms with Crippen LogP contribution in [0.3, 0.4) is 0 Å². The normalized spacial score (nSPS) is 13.7. The predicted molar refractivity (Wildman–Crippen MR) is 68.1 cm³/mol. The zero-order valence-corrected chi connectivity index (χ0v) is 10.9. The van der Waals surface area contributed by atoms with Crippen molar-refractivity contribution in [2.24, 2.45) is 0 Å². The Hall–Kier alpha value is -2.41. The van der Waals surface area contributed by atoms with Gasteiger partial charge in [-0.05, 0) is 23.3 Å². The standard InChI is InChI=1S/C13H14N2O5/c1-20-13(19)14-11(16)7-15-5-9-3-2-8(12(17)18)4-10(9)6-15/h2-4H,5-7H2,1H3,(H,17,18)(H,14,16,19). The molecule has 0 radical (unpaired) electrons. The van der Waals surface area contributed by atoms with Gasteiger partial charge in [0.2, 0.25) is 5.91 Å². The predicted octanol–water partition coefficient (Wildman–Crippen LogP) is 0.583. The van der Waals surface area contributed by atoms with Crippen molar-refractivity contribution in [2.75, 3.05) is 13.7 Å². The lowest BCUT2D eigenvalue weighted by Crippen LogP contribution is -2.38. The number of carbonyl (C=O) groups excluding carboxylic acids is 2. The first kappa shape index (κ1) is 14.0. The monoisotopic (exact) mass is 278 g/mol. The van der Waals surface area contributed by atoms with E-state index in [4.69, 9.17) is 5.11 Å². The molecule has 1 aliphatic rings. The third kappa shape index (κ3) is 3.12. The molecule has 0 saturated carbocycles. The Bertz CT molecular complexity index is 570. The number of alkyl carbamates (subject to hydrolysis) is 1. The second kappa shape index (κ2) is 5.70. The molecule has 1 aromatic rings. The molecule has 0 atom stereocenters. The number of benzene rings is 1. The van der Waals surface area contributed by atoms with Crippen LogP contribution in [0.5, 0.6) is 0 Å². The van der Waals surface area contributed by atoms with Gasteiger partial charge >= 0.3 is 12.1 Å². The molecular weight excluding hydrogens is 264 g/mol. The first-order valence-electron chi connectivity index (χ1n) is 5.95. The van der Waals surface area contributed by atoms with E-state index < -0.39 is 18.0 Å². The number of methoxy groups -OCH3 is 1. The lowest BCUT2D eigenvalue weighted by Gasteiger charge is -2.13. The van der Waals surface area contributed by atoms with Gasteiger partial charge in [0.05, 0.1) is 19.2 Å². The van der Waals surface area contributed by atoms with Crippen molar-refractivity contribution in [2.45, 2.75) is 13.1 Å². The number of hydrogen-bond donors (Lipinski definition) is 2. The van der Waals surface area contributed by atoms with Crippen LogP contribution in [-0.2, 0) is 22.6 Å². The lowest BCUT2D eigenvalue weighted by atomic mass is 10.1. The lowest BCUT2D eigenvalue weighted by molar-refractivity contribution is -0.121. The molecule has 106 valence electrons. The number of amides is 2. The molecular formula is C13H14N2O5. The highest BCUT2D eigenvalue weighted by Gasteiger charge is 2.22. The Morgan fingerprint density at radius 2 is 2.00 bits per heavy atom. The number of nitrogens with zero attached hydrogens (tertiary/aromatic N) is 1. The van der Waals surface area contributed by atoms with Crippen LogP contribution < -0.4 is 5.32 Å². The summed E-state index contributed by atoms with van der Waals surface area (Å²) in [7, 11) is 1.18. The highest BCUT2D eigenvalue weighted by atomic mass is 16.5. The second-order valence-electron chi connectivity index (χ2n) is 4.47. The van der Waals surface area contributed by atoms with Gasteiger partial charge in [0, 0.05) is 13.1 Å². The van der Waals surface area contributed by atoms with Gasteiger partial charge in [-0.15, -0.1) is 0 Å². The van der Waals surface area contributed by atoms with Crippen LogP contribution in [0.15, 0.2) is 18.2 Å². The average Bonchev–Trinajstić information content (AvgIpc) is 2.78. The number of rotatable bonds is 3. The average molecular weight is 278 g/mol. The number of aromatic carboxylic acids is 1. The number of hydrogen-bond acceptors (Lipinski definition) is 5. The van der Waals surface area contributed by atoms with Crippen LogP contribution in [0.25, 0.3) is 0 Å². The molecule has 0 spiro atoms. The molecule has 1 heterocycles. The maximum absolute atomic E-state index is 11.5. The number of imide groups is 1. The van der Waals surface area contributed by atoms with E-state index in [0.717, 1.165) is 11.1 Å². The molecule has 2 amide bonds. The third-order valence-corrected chi connectivity index (χ3v) is 3.04. The van der Waals surface area contributed by atoms with Crippen LogP contribution in [0.4, 0.5) is 4.79 Å².